The molecule has 1 aliphatic rings. The fourth-order valence-corrected chi connectivity index (χ4v) is 3.97. The highest BCUT2D eigenvalue weighted by atomic mass is 127. The molecule has 0 saturated carbocycles. The van der Waals surface area contributed by atoms with E-state index in [9.17, 15) is 9.59 Å². The van der Waals surface area contributed by atoms with Gasteiger partial charge in [0.15, 0.2) is 0 Å². The van der Waals surface area contributed by atoms with Crippen molar-refractivity contribution < 1.29 is 19.1 Å². The van der Waals surface area contributed by atoms with Crippen molar-refractivity contribution in [1.82, 2.24) is 20.2 Å². The summed E-state index contributed by atoms with van der Waals surface area (Å²) in [4.78, 5) is 37.1. The third-order valence-corrected chi connectivity index (χ3v) is 5.30. The Kier molecular flexibility index (Phi) is 8.44. The Bertz CT molecular complexity index is 717. The van der Waals surface area contributed by atoms with Crippen LogP contribution in [-0.4, -0.2) is 72.5 Å². The zero-order valence-corrected chi connectivity index (χ0v) is 19.9. The van der Waals surface area contributed by atoms with E-state index in [0.29, 0.717) is 32.6 Å². The van der Waals surface area contributed by atoms with Crippen molar-refractivity contribution in [2.45, 2.75) is 45.6 Å². The molecule has 1 aliphatic heterocycles. The van der Waals surface area contributed by atoms with Crippen molar-refractivity contribution in [3.63, 3.8) is 0 Å². The molecule has 2 amide bonds. The Balaban J connectivity index is 2.07. The molecule has 0 unspecified atom stereocenters. The molecule has 1 saturated heterocycles. The summed E-state index contributed by atoms with van der Waals surface area (Å²) >= 11 is 2.18. The van der Waals surface area contributed by atoms with Crippen molar-refractivity contribution in [2.75, 3.05) is 44.9 Å². The largest absolute Gasteiger partial charge is 0.444 e. The second-order valence-electron chi connectivity index (χ2n) is 7.99. The molecule has 1 fully saturated rings. The number of ether oxygens (including phenoxy) is 2. The highest BCUT2D eigenvalue weighted by Crippen LogP contribution is 2.31. The van der Waals surface area contributed by atoms with Crippen LogP contribution in [0.5, 0.6) is 0 Å². The van der Waals surface area contributed by atoms with Crippen LogP contribution in [0.25, 0.3) is 0 Å². The molecule has 1 aromatic rings. The van der Waals surface area contributed by atoms with E-state index in [-0.39, 0.29) is 24.6 Å². The molecule has 0 aromatic carbocycles. The van der Waals surface area contributed by atoms with E-state index in [1.807, 2.05) is 27.7 Å². The van der Waals surface area contributed by atoms with Gasteiger partial charge in [-0.05, 0) is 49.3 Å². The fourth-order valence-electron chi connectivity index (χ4n) is 3.07. The van der Waals surface area contributed by atoms with E-state index in [0.717, 1.165) is 15.1 Å². The number of anilines is 1. The number of carbonyl (C=O) groups excluding carboxylic acids is 2. The van der Waals surface area contributed by atoms with Crippen LogP contribution in [0.2, 0.25) is 0 Å². The zero-order chi connectivity index (χ0) is 21.6. The lowest BCUT2D eigenvalue weighted by molar-refractivity contribution is -0.122. The van der Waals surface area contributed by atoms with Gasteiger partial charge in [-0.3, -0.25) is 4.79 Å². The summed E-state index contributed by atoms with van der Waals surface area (Å²) in [6, 6.07) is 0. The fraction of sp³-hybridized carbons (Fsp3) is 0.684. The van der Waals surface area contributed by atoms with Gasteiger partial charge < -0.3 is 24.6 Å². The van der Waals surface area contributed by atoms with Gasteiger partial charge >= 0.3 is 6.09 Å². The first-order valence-electron chi connectivity index (χ1n) is 9.61. The van der Waals surface area contributed by atoms with E-state index in [4.69, 9.17) is 9.47 Å². The Labute approximate surface area is 185 Å². The molecule has 162 valence electrons. The Morgan fingerprint density at radius 3 is 2.48 bits per heavy atom. The maximum atomic E-state index is 12.3. The van der Waals surface area contributed by atoms with Gasteiger partial charge in [0.25, 0.3) is 0 Å². The van der Waals surface area contributed by atoms with Crippen LogP contribution in [0, 0.1) is 3.70 Å². The van der Waals surface area contributed by atoms with Crippen LogP contribution < -0.4 is 10.2 Å². The second-order valence-corrected chi connectivity index (χ2v) is 9.02. The summed E-state index contributed by atoms with van der Waals surface area (Å²) < 4.78 is 11.2. The molecule has 10 heteroatoms. The van der Waals surface area contributed by atoms with E-state index in [2.05, 4.69) is 42.8 Å². The average Bonchev–Trinajstić information content (AvgIpc) is 2.64. The summed E-state index contributed by atoms with van der Waals surface area (Å²) in [5, 5.41) is 2.71. The standard InChI is InChI=1S/C19H30IN5O4/c1-13(10-14(26)23-12-28-5)15-16(20)21-11-22-17(15)24-6-8-25(9-7-24)18(27)29-19(2,3)4/h11,13H,6-10,12H2,1-5H3,(H,23,26)/t13-/m1/s1. The summed E-state index contributed by atoms with van der Waals surface area (Å²) in [6.07, 6.45) is 1.56. The first-order chi connectivity index (χ1) is 13.6. The average molecular weight is 519 g/mol. The van der Waals surface area contributed by atoms with Gasteiger partial charge in [-0.2, -0.15) is 0 Å². The Morgan fingerprint density at radius 2 is 1.90 bits per heavy atom. The van der Waals surface area contributed by atoms with Crippen molar-refractivity contribution in [2.24, 2.45) is 0 Å². The second kappa shape index (κ2) is 10.4. The number of piperazine rings is 1. The Morgan fingerprint density at radius 1 is 1.24 bits per heavy atom. The minimum Gasteiger partial charge on any atom is -0.444 e. The summed E-state index contributed by atoms with van der Waals surface area (Å²) in [5.41, 5.74) is 0.439. The number of carbonyl (C=O) groups is 2. The van der Waals surface area contributed by atoms with Gasteiger partial charge in [0.05, 0.1) is 0 Å². The van der Waals surface area contributed by atoms with Crippen LogP contribution in [0.15, 0.2) is 6.33 Å². The molecule has 1 atom stereocenters. The van der Waals surface area contributed by atoms with Gasteiger partial charge in [-0.15, -0.1) is 0 Å². The monoisotopic (exact) mass is 519 g/mol. The number of amides is 2. The molecule has 0 aliphatic carbocycles. The summed E-state index contributed by atoms with van der Waals surface area (Å²) in [6.45, 7) is 10.2. The first-order valence-corrected chi connectivity index (χ1v) is 10.7. The lowest BCUT2D eigenvalue weighted by atomic mass is 9.98. The number of rotatable bonds is 6. The quantitative estimate of drug-likeness (QED) is 0.350. The highest BCUT2D eigenvalue weighted by Gasteiger charge is 2.29. The van der Waals surface area contributed by atoms with Crippen molar-refractivity contribution in [3.8, 4) is 0 Å². The zero-order valence-electron chi connectivity index (χ0n) is 17.7. The number of halogens is 1. The summed E-state index contributed by atoms with van der Waals surface area (Å²) in [7, 11) is 1.53. The van der Waals surface area contributed by atoms with Gasteiger partial charge in [-0.25, -0.2) is 14.8 Å². The Hall–Kier alpha value is -1.69. The molecule has 1 N–H and O–H groups in total. The third kappa shape index (κ3) is 6.95. The van der Waals surface area contributed by atoms with Gasteiger partial charge in [-0.1, -0.05) is 6.92 Å². The molecular weight excluding hydrogens is 489 g/mol. The van der Waals surface area contributed by atoms with E-state index in [1.54, 1.807) is 11.2 Å². The van der Waals surface area contributed by atoms with Crippen LogP contribution in [0.1, 0.15) is 45.6 Å². The van der Waals surface area contributed by atoms with Crippen molar-refractivity contribution in [3.05, 3.63) is 15.6 Å². The van der Waals surface area contributed by atoms with Crippen LogP contribution in [0.4, 0.5) is 10.6 Å². The van der Waals surface area contributed by atoms with E-state index < -0.39 is 5.60 Å². The molecule has 29 heavy (non-hydrogen) atoms. The molecule has 0 spiro atoms. The normalized spacial score (nSPS) is 15.8. The number of hydrogen-bond acceptors (Lipinski definition) is 7. The predicted octanol–water partition coefficient (Wildman–Crippen LogP) is 2.35. The molecule has 2 heterocycles. The van der Waals surface area contributed by atoms with Gasteiger partial charge in [0.1, 0.15) is 28.2 Å². The topological polar surface area (TPSA) is 96.9 Å². The van der Waals surface area contributed by atoms with Crippen LogP contribution in [-0.2, 0) is 14.3 Å². The number of aromatic nitrogens is 2. The van der Waals surface area contributed by atoms with Crippen LogP contribution in [0.3, 0.4) is 0 Å². The minimum absolute atomic E-state index is 0.0566. The summed E-state index contributed by atoms with van der Waals surface area (Å²) in [5.74, 6) is 0.679. The van der Waals surface area contributed by atoms with Crippen LogP contribution >= 0.6 is 22.6 Å². The SMILES string of the molecule is COCNC(=O)C[C@@H](C)c1c(I)ncnc1N1CCN(C(=O)OC(C)(C)C)CC1. The first kappa shape index (κ1) is 23.6. The molecule has 9 nitrogen and oxygen atoms in total. The third-order valence-electron chi connectivity index (χ3n) is 4.44. The maximum Gasteiger partial charge on any atom is 0.410 e. The number of nitrogens with one attached hydrogen (secondary N) is 1. The van der Waals surface area contributed by atoms with Gasteiger partial charge in [0.2, 0.25) is 5.91 Å². The maximum absolute atomic E-state index is 12.3. The minimum atomic E-state index is -0.511. The number of hydrogen-bond donors (Lipinski definition) is 1. The van der Waals surface area contributed by atoms with Gasteiger partial charge in [0, 0.05) is 45.3 Å². The molecule has 2 rings (SSSR count). The van der Waals surface area contributed by atoms with Crippen molar-refractivity contribution >= 4 is 40.4 Å². The molecule has 0 radical (unpaired) electrons. The molecule has 1 aromatic heterocycles. The number of nitrogens with zero attached hydrogens (tertiary/aromatic N) is 4. The smallest absolute Gasteiger partial charge is 0.410 e. The number of methoxy groups -OCH3 is 1. The lowest BCUT2D eigenvalue weighted by Crippen LogP contribution is -2.50. The van der Waals surface area contributed by atoms with E-state index >= 15 is 0 Å². The molecular formula is C19H30IN5O4. The lowest BCUT2D eigenvalue weighted by Gasteiger charge is -2.37. The predicted molar refractivity (Wildman–Crippen MR) is 118 cm³/mol. The highest BCUT2D eigenvalue weighted by molar-refractivity contribution is 14.1. The van der Waals surface area contributed by atoms with E-state index in [1.165, 1.54) is 7.11 Å². The van der Waals surface area contributed by atoms with Crippen molar-refractivity contribution in [1.29, 1.82) is 0 Å². The molecule has 0 bridgehead atoms.